The van der Waals surface area contributed by atoms with Crippen LogP contribution in [-0.4, -0.2) is 54.2 Å². The Bertz CT molecular complexity index is 1690. The van der Waals surface area contributed by atoms with Crippen molar-refractivity contribution < 1.29 is 33.0 Å². The van der Waals surface area contributed by atoms with Gasteiger partial charge in [-0.05, 0) is 85.8 Å². The van der Waals surface area contributed by atoms with Crippen molar-refractivity contribution in [2.24, 2.45) is 22.5 Å². The SMILES string of the molecule is CC(O)C1C(=O)N2C(C(=O)[O-])=C(CN3c4ccc(CC56CCC(CC(N)=O)(CC5)CC6)c5cccc(c45)S3(=O)=O)SC12. The van der Waals surface area contributed by atoms with Crippen molar-refractivity contribution in [1.29, 1.82) is 0 Å². The van der Waals surface area contributed by atoms with Crippen molar-refractivity contribution in [3.8, 4) is 0 Å². The molecule has 3 aliphatic carbocycles. The van der Waals surface area contributed by atoms with Gasteiger partial charge in [0.2, 0.25) is 11.8 Å². The van der Waals surface area contributed by atoms with E-state index in [9.17, 15) is 33.0 Å². The third kappa shape index (κ3) is 3.87. The molecule has 3 N–H and O–H groups in total. The first-order valence-corrected chi connectivity index (χ1v) is 16.7. The average Bonchev–Trinajstić information content (AvgIpc) is 3.36. The number of carboxylic acid groups (broad SMARTS) is 1. The minimum atomic E-state index is -4.00. The summed E-state index contributed by atoms with van der Waals surface area (Å²) in [5.74, 6) is -3.06. The average molecular weight is 611 g/mol. The van der Waals surface area contributed by atoms with Gasteiger partial charge in [-0.2, -0.15) is 0 Å². The molecule has 3 unspecified atom stereocenters. The number of aliphatic hydroxyl groups excluding tert-OH is 1. The number of primary amides is 1. The van der Waals surface area contributed by atoms with Gasteiger partial charge in [0.15, 0.2) is 0 Å². The Balaban J connectivity index is 1.21. The van der Waals surface area contributed by atoms with Crippen LogP contribution in [-0.2, 0) is 30.8 Å². The number of nitrogens with zero attached hydrogens (tertiary/aromatic N) is 2. The highest BCUT2D eigenvalue weighted by Gasteiger charge is 2.57. The number of anilines is 1. The third-order valence-corrected chi connectivity index (χ3v) is 13.6. The number of carboxylic acids is 1. The maximum Gasteiger partial charge on any atom is 0.265 e. The zero-order valence-electron chi connectivity index (χ0n) is 23.2. The van der Waals surface area contributed by atoms with Gasteiger partial charge in [-0.3, -0.25) is 18.8 Å². The summed E-state index contributed by atoms with van der Waals surface area (Å²) in [6.45, 7) is 1.23. The molecule has 0 aromatic heterocycles. The molecule has 2 aromatic rings. The molecule has 3 saturated carbocycles. The van der Waals surface area contributed by atoms with Crippen LogP contribution in [0, 0.1) is 16.7 Å². The Morgan fingerprint density at radius 2 is 1.79 bits per heavy atom. The molecule has 2 bridgehead atoms. The maximum atomic E-state index is 13.9. The van der Waals surface area contributed by atoms with Crippen LogP contribution in [0.4, 0.5) is 5.69 Å². The lowest BCUT2D eigenvalue weighted by atomic mass is 9.51. The van der Waals surface area contributed by atoms with Gasteiger partial charge in [0, 0.05) is 16.7 Å². The predicted octanol–water partition coefficient (Wildman–Crippen LogP) is 1.98. The first-order valence-electron chi connectivity index (χ1n) is 14.3. The second-order valence-corrected chi connectivity index (χ2v) is 15.8. The van der Waals surface area contributed by atoms with Crippen molar-refractivity contribution in [3.05, 3.63) is 46.5 Å². The summed E-state index contributed by atoms with van der Waals surface area (Å²) in [5.41, 5.74) is 6.91. The number of β-lactam (4-membered cyclic amide) rings is 1. The normalized spacial score (nSPS) is 31.4. The molecule has 1 saturated heterocycles. The zero-order valence-corrected chi connectivity index (χ0v) is 24.8. The summed E-state index contributed by atoms with van der Waals surface area (Å²) in [4.78, 5) is 37.9. The highest BCUT2D eigenvalue weighted by molar-refractivity contribution is 8.04. The van der Waals surface area contributed by atoms with E-state index < -0.39 is 39.3 Å². The molecular weight excluding hydrogens is 578 g/mol. The van der Waals surface area contributed by atoms with Gasteiger partial charge in [0.25, 0.3) is 10.0 Å². The molecule has 4 fully saturated rings. The molecule has 3 heterocycles. The Labute approximate surface area is 248 Å². The van der Waals surface area contributed by atoms with E-state index in [-0.39, 0.29) is 38.8 Å². The number of carbonyl (C=O) groups is 3. The topological polar surface area (TPSA) is 161 Å². The number of hydrogen-bond acceptors (Lipinski definition) is 8. The van der Waals surface area contributed by atoms with Crippen LogP contribution >= 0.6 is 11.8 Å². The number of carbonyl (C=O) groups excluding carboxylic acids is 3. The Hall–Kier alpha value is -3.09. The lowest BCUT2D eigenvalue weighted by molar-refractivity contribution is -0.301. The minimum Gasteiger partial charge on any atom is -0.543 e. The van der Waals surface area contributed by atoms with Crippen molar-refractivity contribution in [3.63, 3.8) is 0 Å². The van der Waals surface area contributed by atoms with E-state index in [2.05, 4.69) is 0 Å². The first-order chi connectivity index (χ1) is 19.9. The Morgan fingerprint density at radius 3 is 2.40 bits per heavy atom. The molecular formula is C30H32N3O7S2-. The van der Waals surface area contributed by atoms with Crippen LogP contribution in [0.5, 0.6) is 0 Å². The third-order valence-electron chi connectivity index (χ3n) is 10.4. The molecule has 2 amide bonds. The van der Waals surface area contributed by atoms with Gasteiger partial charge in [-0.15, -0.1) is 0 Å². The van der Waals surface area contributed by atoms with E-state index in [4.69, 9.17) is 5.73 Å². The van der Waals surface area contributed by atoms with Crippen molar-refractivity contribution in [1.82, 2.24) is 4.90 Å². The number of nitrogens with two attached hydrogens (primary N) is 1. The van der Waals surface area contributed by atoms with E-state index in [0.717, 1.165) is 72.6 Å². The lowest BCUT2D eigenvalue weighted by Crippen LogP contribution is -2.61. The monoisotopic (exact) mass is 610 g/mol. The standard InChI is InChI=1S/C30H33N3O7S2/c1-16(34)23-26(36)33-25(28(37)38)20(41-27(23)33)15-32-19-6-5-17(18-3-2-4-21(24(18)19)42(32,39)40)13-29-7-10-30(11-8-29,12-9-29)14-22(31)35/h2-6,16,23,27,34H,7-15H2,1H3,(H2,31,35)(H,37,38)/p-1. The van der Waals surface area contributed by atoms with Gasteiger partial charge < -0.3 is 20.7 Å². The summed E-state index contributed by atoms with van der Waals surface area (Å²) < 4.78 is 29.0. The first kappa shape index (κ1) is 27.7. The molecule has 3 aliphatic heterocycles. The number of aliphatic hydroxyl groups is 1. The van der Waals surface area contributed by atoms with Crippen molar-refractivity contribution in [2.45, 2.75) is 74.7 Å². The Kier molecular flexibility index (Phi) is 6.08. The molecule has 0 spiro atoms. The molecule has 12 heteroatoms. The van der Waals surface area contributed by atoms with Gasteiger partial charge in [0.1, 0.15) is 5.37 Å². The number of sulfonamides is 1. The van der Waals surface area contributed by atoms with Crippen LogP contribution < -0.4 is 15.1 Å². The van der Waals surface area contributed by atoms with Gasteiger partial charge in [0.05, 0.1) is 40.8 Å². The molecule has 8 rings (SSSR count). The zero-order chi connectivity index (χ0) is 29.8. The lowest BCUT2D eigenvalue weighted by Gasteiger charge is -2.53. The minimum absolute atomic E-state index is 0.0251. The smallest absolute Gasteiger partial charge is 0.265 e. The number of amides is 2. The van der Waals surface area contributed by atoms with Gasteiger partial charge >= 0.3 is 0 Å². The summed E-state index contributed by atoms with van der Waals surface area (Å²) >= 11 is 1.10. The molecule has 6 aliphatic rings. The van der Waals surface area contributed by atoms with E-state index in [1.807, 2.05) is 18.2 Å². The highest BCUT2D eigenvalue weighted by atomic mass is 32.2. The number of thioether (sulfide) groups is 1. The number of benzene rings is 2. The fraction of sp³-hybridized carbons (Fsp3) is 0.500. The van der Waals surface area contributed by atoms with Crippen LogP contribution in [0.3, 0.4) is 0 Å². The second-order valence-electron chi connectivity index (χ2n) is 12.8. The number of rotatable bonds is 8. The quantitative estimate of drug-likeness (QED) is 0.429. The molecule has 42 heavy (non-hydrogen) atoms. The second kappa shape index (κ2) is 9.20. The van der Waals surface area contributed by atoms with E-state index in [1.54, 1.807) is 12.1 Å². The van der Waals surface area contributed by atoms with Gasteiger partial charge in [-0.1, -0.05) is 30.0 Å². The molecule has 3 atom stereocenters. The molecule has 2 aromatic carbocycles. The number of hydrogen-bond donors (Lipinski definition) is 2. The Morgan fingerprint density at radius 1 is 1.12 bits per heavy atom. The number of aliphatic carboxylic acids is 1. The molecule has 10 nitrogen and oxygen atoms in total. The molecule has 222 valence electrons. The van der Waals surface area contributed by atoms with Crippen LogP contribution in [0.2, 0.25) is 0 Å². The summed E-state index contributed by atoms with van der Waals surface area (Å²) in [7, 11) is -4.00. The van der Waals surface area contributed by atoms with Crippen LogP contribution in [0.15, 0.2) is 45.8 Å². The van der Waals surface area contributed by atoms with Crippen LogP contribution in [0.25, 0.3) is 10.8 Å². The van der Waals surface area contributed by atoms with Crippen LogP contribution in [0.1, 0.15) is 57.4 Å². The van der Waals surface area contributed by atoms with E-state index >= 15 is 0 Å². The summed E-state index contributed by atoms with van der Waals surface area (Å²) in [6, 6.07) is 9.07. The molecule has 0 radical (unpaired) electrons. The fourth-order valence-electron chi connectivity index (χ4n) is 8.14. The maximum absolute atomic E-state index is 13.9. The van der Waals surface area contributed by atoms with Gasteiger partial charge in [-0.25, -0.2) is 8.42 Å². The summed E-state index contributed by atoms with van der Waals surface area (Å²) in [5, 5.41) is 23.0. The van der Waals surface area contributed by atoms with E-state index in [0.29, 0.717) is 17.5 Å². The van der Waals surface area contributed by atoms with E-state index in [1.165, 1.54) is 11.2 Å². The van der Waals surface area contributed by atoms with Crippen molar-refractivity contribution in [2.75, 3.05) is 10.8 Å². The van der Waals surface area contributed by atoms with Crippen molar-refractivity contribution >= 4 is 56.0 Å². The predicted molar refractivity (Wildman–Crippen MR) is 154 cm³/mol. The highest BCUT2D eigenvalue weighted by Crippen LogP contribution is 2.60. The fourth-order valence-corrected chi connectivity index (χ4v) is 11.5. The number of fused-ring (bicyclic) bond motifs is 4. The summed E-state index contributed by atoms with van der Waals surface area (Å²) in [6.07, 6.45) is 6.25. The largest absolute Gasteiger partial charge is 0.543 e.